The minimum atomic E-state index is -1.01. The maximum atomic E-state index is 11.5. The summed E-state index contributed by atoms with van der Waals surface area (Å²) in [6, 6.07) is 22.6. The fourth-order valence-corrected chi connectivity index (χ4v) is 5.27. The van der Waals surface area contributed by atoms with Crippen LogP contribution in [0.3, 0.4) is 0 Å². The first kappa shape index (κ1) is 28.5. The van der Waals surface area contributed by atoms with Crippen molar-refractivity contribution in [3.63, 3.8) is 0 Å². The van der Waals surface area contributed by atoms with Gasteiger partial charge < -0.3 is 24.1 Å². The number of hydrogen-bond acceptors (Lipinski definition) is 7. The molecule has 4 rings (SSSR count). The van der Waals surface area contributed by atoms with Gasteiger partial charge in [-0.05, 0) is 60.7 Å². The number of aliphatic hydroxyl groups is 1. The molecule has 1 aliphatic rings. The second kappa shape index (κ2) is 13.0. The second-order valence-corrected chi connectivity index (χ2v) is 10.1. The van der Waals surface area contributed by atoms with Crippen molar-refractivity contribution in [3.8, 4) is 23.0 Å². The lowest BCUT2D eigenvalue weighted by Crippen LogP contribution is -2.54. The van der Waals surface area contributed by atoms with Crippen LogP contribution in [-0.2, 0) is 12.8 Å². The molecule has 208 valence electrons. The molecule has 0 aliphatic carbocycles. The average Bonchev–Trinajstić information content (AvgIpc) is 2.96. The SMILES string of the molecule is COc1ccc(CCN=C2C[C@@H](c3ccccc3)N(CCc3ccc(OC)c(OC)c3)C[C@@]2(C)O)cc1OC. The van der Waals surface area contributed by atoms with Crippen LogP contribution in [0.2, 0.25) is 0 Å². The van der Waals surface area contributed by atoms with Crippen LogP contribution < -0.4 is 18.9 Å². The molecule has 1 aliphatic heterocycles. The van der Waals surface area contributed by atoms with Crippen molar-refractivity contribution in [2.45, 2.75) is 37.8 Å². The van der Waals surface area contributed by atoms with Gasteiger partial charge in [-0.2, -0.15) is 0 Å². The van der Waals surface area contributed by atoms with Crippen LogP contribution in [0.5, 0.6) is 23.0 Å². The third-order valence-corrected chi connectivity index (χ3v) is 7.43. The monoisotopic (exact) mass is 532 g/mol. The molecular weight excluding hydrogens is 492 g/mol. The molecule has 1 saturated heterocycles. The molecule has 0 saturated carbocycles. The highest BCUT2D eigenvalue weighted by molar-refractivity contribution is 5.93. The van der Waals surface area contributed by atoms with Crippen LogP contribution in [0.1, 0.15) is 36.1 Å². The third kappa shape index (κ3) is 6.91. The highest BCUT2D eigenvalue weighted by Crippen LogP contribution is 2.35. The number of rotatable bonds is 11. The van der Waals surface area contributed by atoms with Crippen molar-refractivity contribution in [1.29, 1.82) is 0 Å². The third-order valence-electron chi connectivity index (χ3n) is 7.43. The Bertz CT molecular complexity index is 1260. The Morgan fingerprint density at radius 1 is 0.795 bits per heavy atom. The molecule has 1 fully saturated rings. The van der Waals surface area contributed by atoms with Gasteiger partial charge in [0.1, 0.15) is 5.60 Å². The highest BCUT2D eigenvalue weighted by atomic mass is 16.5. The molecule has 39 heavy (non-hydrogen) atoms. The van der Waals surface area contributed by atoms with Gasteiger partial charge in [0.25, 0.3) is 0 Å². The fraction of sp³-hybridized carbons (Fsp3) is 0.406. The Labute approximate surface area is 232 Å². The van der Waals surface area contributed by atoms with E-state index in [0.717, 1.165) is 47.7 Å². The van der Waals surface area contributed by atoms with Crippen molar-refractivity contribution in [2.24, 2.45) is 4.99 Å². The molecule has 2 atom stereocenters. The summed E-state index contributed by atoms with van der Waals surface area (Å²) in [7, 11) is 6.57. The Kier molecular flexibility index (Phi) is 9.49. The van der Waals surface area contributed by atoms with E-state index in [4.69, 9.17) is 23.9 Å². The summed E-state index contributed by atoms with van der Waals surface area (Å²) in [6.45, 7) is 3.78. The van der Waals surface area contributed by atoms with Gasteiger partial charge in [-0.3, -0.25) is 9.89 Å². The standard InChI is InChI=1S/C32H40N2O5/c1-32(35)22-34(18-16-24-12-14-28(37-3)30(20-24)39-5)26(25-9-7-6-8-10-25)21-31(32)33-17-15-23-11-13-27(36-2)29(19-23)38-4/h6-14,19-20,26,35H,15-18,21-22H2,1-5H3/t26-,32+/m0/s1. The van der Waals surface area contributed by atoms with Gasteiger partial charge in [0.15, 0.2) is 23.0 Å². The van der Waals surface area contributed by atoms with Crippen LogP contribution in [-0.4, -0.2) is 69.4 Å². The zero-order valence-electron chi connectivity index (χ0n) is 23.6. The summed E-state index contributed by atoms with van der Waals surface area (Å²) in [4.78, 5) is 7.31. The number of aliphatic imine (C=N–C) groups is 1. The second-order valence-electron chi connectivity index (χ2n) is 10.1. The maximum Gasteiger partial charge on any atom is 0.160 e. The number of piperidine rings is 1. The lowest BCUT2D eigenvalue weighted by atomic mass is 9.84. The van der Waals surface area contributed by atoms with E-state index >= 15 is 0 Å². The van der Waals surface area contributed by atoms with Crippen molar-refractivity contribution in [3.05, 3.63) is 83.4 Å². The predicted octanol–water partition coefficient (Wildman–Crippen LogP) is 5.15. The number of nitrogens with zero attached hydrogens (tertiary/aromatic N) is 2. The fourth-order valence-electron chi connectivity index (χ4n) is 5.27. The first-order valence-corrected chi connectivity index (χ1v) is 13.4. The number of methoxy groups -OCH3 is 4. The van der Waals surface area contributed by atoms with E-state index in [1.807, 2.05) is 43.3 Å². The lowest BCUT2D eigenvalue weighted by Gasteiger charge is -2.44. The first-order valence-electron chi connectivity index (χ1n) is 13.4. The van der Waals surface area contributed by atoms with E-state index in [2.05, 4.69) is 35.2 Å². The highest BCUT2D eigenvalue weighted by Gasteiger charge is 2.40. The zero-order valence-corrected chi connectivity index (χ0v) is 23.6. The van der Waals surface area contributed by atoms with Crippen molar-refractivity contribution >= 4 is 5.71 Å². The number of benzene rings is 3. The van der Waals surface area contributed by atoms with Gasteiger partial charge in [0.05, 0.1) is 28.4 Å². The Hall–Kier alpha value is -3.55. The summed E-state index contributed by atoms with van der Waals surface area (Å²) in [5.74, 6) is 2.87. The van der Waals surface area contributed by atoms with E-state index in [-0.39, 0.29) is 6.04 Å². The van der Waals surface area contributed by atoms with Gasteiger partial charge >= 0.3 is 0 Å². The summed E-state index contributed by atoms with van der Waals surface area (Å²) < 4.78 is 21.7. The summed E-state index contributed by atoms with van der Waals surface area (Å²) in [5.41, 5.74) is 3.34. The average molecular weight is 533 g/mol. The molecule has 0 radical (unpaired) electrons. The van der Waals surface area contributed by atoms with Crippen LogP contribution in [0.4, 0.5) is 0 Å². The summed E-state index contributed by atoms with van der Waals surface area (Å²) >= 11 is 0. The molecule has 0 amide bonds. The van der Waals surface area contributed by atoms with E-state index < -0.39 is 5.60 Å². The topological polar surface area (TPSA) is 72.8 Å². The molecule has 0 aromatic heterocycles. The molecule has 7 nitrogen and oxygen atoms in total. The minimum absolute atomic E-state index is 0.131. The van der Waals surface area contributed by atoms with Gasteiger partial charge in [0, 0.05) is 37.8 Å². The van der Waals surface area contributed by atoms with Crippen molar-refractivity contribution in [1.82, 2.24) is 4.90 Å². The Morgan fingerprint density at radius 3 is 1.92 bits per heavy atom. The van der Waals surface area contributed by atoms with E-state index in [9.17, 15) is 5.11 Å². The molecule has 3 aromatic rings. The summed E-state index contributed by atoms with van der Waals surface area (Å²) in [5, 5.41) is 11.5. The largest absolute Gasteiger partial charge is 0.493 e. The van der Waals surface area contributed by atoms with Crippen LogP contribution in [0, 0.1) is 0 Å². The molecule has 3 aromatic carbocycles. The van der Waals surface area contributed by atoms with Gasteiger partial charge in [0.2, 0.25) is 0 Å². The zero-order chi connectivity index (χ0) is 27.8. The van der Waals surface area contributed by atoms with Crippen molar-refractivity contribution < 1.29 is 24.1 Å². The Balaban J connectivity index is 1.50. The maximum absolute atomic E-state index is 11.5. The van der Waals surface area contributed by atoms with Crippen molar-refractivity contribution in [2.75, 3.05) is 48.1 Å². The Morgan fingerprint density at radius 2 is 1.36 bits per heavy atom. The van der Waals surface area contributed by atoms with Gasteiger partial charge in [-0.1, -0.05) is 42.5 Å². The molecule has 7 heteroatoms. The molecule has 1 N–H and O–H groups in total. The number of ether oxygens (including phenoxy) is 4. The molecular formula is C32H40N2O5. The van der Waals surface area contributed by atoms with Crippen LogP contribution >= 0.6 is 0 Å². The number of likely N-dealkylation sites (tertiary alicyclic amines) is 1. The van der Waals surface area contributed by atoms with Crippen LogP contribution in [0.25, 0.3) is 0 Å². The quantitative estimate of drug-likeness (QED) is 0.369. The molecule has 0 bridgehead atoms. The summed E-state index contributed by atoms with van der Waals surface area (Å²) in [6.07, 6.45) is 2.25. The van der Waals surface area contributed by atoms with Gasteiger partial charge in [-0.15, -0.1) is 0 Å². The minimum Gasteiger partial charge on any atom is -0.493 e. The molecule has 0 spiro atoms. The number of β-amino-alcohol motifs (C(OH)–C–C–N with tert-alkyl or cyclic N) is 1. The van der Waals surface area contributed by atoms with E-state index in [1.54, 1.807) is 28.4 Å². The normalized spacial score (nSPS) is 20.6. The first-order chi connectivity index (χ1) is 18.9. The van der Waals surface area contributed by atoms with Crippen LogP contribution in [0.15, 0.2) is 71.7 Å². The van der Waals surface area contributed by atoms with Gasteiger partial charge in [-0.25, -0.2) is 0 Å². The molecule has 0 unspecified atom stereocenters. The van der Waals surface area contributed by atoms with E-state index in [0.29, 0.717) is 31.0 Å². The molecule has 1 heterocycles. The predicted molar refractivity (Wildman–Crippen MR) is 155 cm³/mol. The van der Waals surface area contributed by atoms with E-state index in [1.165, 1.54) is 5.56 Å². The number of hydrogen-bond donors (Lipinski definition) is 1. The lowest BCUT2D eigenvalue weighted by molar-refractivity contribution is 0.0369. The smallest absolute Gasteiger partial charge is 0.160 e.